The van der Waals surface area contributed by atoms with Gasteiger partial charge in [-0.25, -0.2) is 0 Å². The number of piperazine rings is 1. The second kappa shape index (κ2) is 10.5. The lowest BCUT2D eigenvalue weighted by atomic mass is 10.3. The van der Waals surface area contributed by atoms with E-state index in [2.05, 4.69) is 10.2 Å². The molecule has 1 aliphatic heterocycles. The zero-order chi connectivity index (χ0) is 9.94. The maximum absolute atomic E-state index is 5.40. The Morgan fingerprint density at radius 3 is 2.08 bits per heavy atom. The molecule has 0 amide bonds. The number of rotatable bonds is 3. The van der Waals surface area contributed by atoms with Gasteiger partial charge in [-0.05, 0) is 0 Å². The highest BCUT2D eigenvalue weighted by Gasteiger charge is 2.06. The standard InChI is InChI=1S/C6H15N3.C2H4Cl2/c7-1-4-9-5-2-8-3-6-9;3-1-2-4/h8H,1-7H2;1-2H2. The van der Waals surface area contributed by atoms with Crippen LogP contribution in [0.5, 0.6) is 0 Å². The third-order valence-electron chi connectivity index (χ3n) is 1.73. The van der Waals surface area contributed by atoms with E-state index >= 15 is 0 Å². The molecular formula is C8H19Cl2N3. The number of nitrogens with two attached hydrogens (primary N) is 1. The molecule has 1 saturated heterocycles. The molecule has 0 atom stereocenters. The van der Waals surface area contributed by atoms with Gasteiger partial charge in [0.15, 0.2) is 0 Å². The van der Waals surface area contributed by atoms with Crippen LogP contribution in [-0.4, -0.2) is 55.9 Å². The number of halogens is 2. The topological polar surface area (TPSA) is 41.3 Å². The Kier molecular flexibility index (Phi) is 10.9. The molecule has 0 aliphatic carbocycles. The van der Waals surface area contributed by atoms with E-state index in [1.807, 2.05) is 0 Å². The van der Waals surface area contributed by atoms with Gasteiger partial charge in [-0.2, -0.15) is 0 Å². The minimum atomic E-state index is 0.557. The minimum absolute atomic E-state index is 0.557. The van der Waals surface area contributed by atoms with E-state index in [9.17, 15) is 0 Å². The van der Waals surface area contributed by atoms with Crippen LogP contribution in [0.15, 0.2) is 0 Å². The predicted octanol–water partition coefficient (Wildman–Crippen LogP) is 0.314. The maximum Gasteiger partial charge on any atom is 0.0359 e. The van der Waals surface area contributed by atoms with Crippen molar-refractivity contribution in [3.63, 3.8) is 0 Å². The minimum Gasteiger partial charge on any atom is -0.329 e. The third-order valence-corrected chi connectivity index (χ3v) is 2.30. The zero-order valence-corrected chi connectivity index (χ0v) is 9.45. The fourth-order valence-corrected chi connectivity index (χ4v) is 1.12. The van der Waals surface area contributed by atoms with Gasteiger partial charge < -0.3 is 11.1 Å². The van der Waals surface area contributed by atoms with Crippen molar-refractivity contribution in [3.05, 3.63) is 0 Å². The first-order valence-corrected chi connectivity index (χ1v) is 5.67. The van der Waals surface area contributed by atoms with Gasteiger partial charge in [0.05, 0.1) is 0 Å². The second-order valence-corrected chi connectivity index (χ2v) is 3.51. The maximum atomic E-state index is 5.40. The summed E-state index contributed by atoms with van der Waals surface area (Å²) in [5.74, 6) is 1.11. The monoisotopic (exact) mass is 227 g/mol. The van der Waals surface area contributed by atoms with Gasteiger partial charge in [-0.3, -0.25) is 4.90 Å². The van der Waals surface area contributed by atoms with Crippen LogP contribution < -0.4 is 11.1 Å². The number of nitrogens with zero attached hydrogens (tertiary/aromatic N) is 1. The molecule has 5 heteroatoms. The van der Waals surface area contributed by atoms with E-state index in [-0.39, 0.29) is 0 Å². The summed E-state index contributed by atoms with van der Waals surface area (Å²) in [6.45, 7) is 6.43. The van der Waals surface area contributed by atoms with E-state index < -0.39 is 0 Å². The molecule has 0 radical (unpaired) electrons. The average Bonchev–Trinajstić information content (AvgIpc) is 2.20. The quantitative estimate of drug-likeness (QED) is 0.683. The molecule has 0 aromatic heterocycles. The fraction of sp³-hybridized carbons (Fsp3) is 1.00. The van der Waals surface area contributed by atoms with Gasteiger partial charge in [0.1, 0.15) is 0 Å². The van der Waals surface area contributed by atoms with Gasteiger partial charge in [-0.1, -0.05) is 0 Å². The molecule has 0 aromatic rings. The lowest BCUT2D eigenvalue weighted by molar-refractivity contribution is 0.247. The molecule has 0 saturated carbocycles. The molecule has 0 spiro atoms. The predicted molar refractivity (Wildman–Crippen MR) is 59.8 cm³/mol. The van der Waals surface area contributed by atoms with Crippen molar-refractivity contribution >= 4 is 23.2 Å². The second-order valence-electron chi connectivity index (χ2n) is 2.76. The summed E-state index contributed by atoms with van der Waals surface area (Å²) in [5.41, 5.74) is 5.40. The van der Waals surface area contributed by atoms with E-state index in [4.69, 9.17) is 28.9 Å². The summed E-state index contributed by atoms with van der Waals surface area (Å²) in [5, 5.41) is 3.29. The van der Waals surface area contributed by atoms with E-state index in [0.717, 1.165) is 39.3 Å². The van der Waals surface area contributed by atoms with E-state index in [1.54, 1.807) is 0 Å². The van der Waals surface area contributed by atoms with Gasteiger partial charge >= 0.3 is 0 Å². The molecule has 80 valence electrons. The largest absolute Gasteiger partial charge is 0.329 e. The van der Waals surface area contributed by atoms with Gasteiger partial charge in [0.25, 0.3) is 0 Å². The van der Waals surface area contributed by atoms with Crippen LogP contribution in [0.25, 0.3) is 0 Å². The van der Waals surface area contributed by atoms with Crippen LogP contribution in [0, 0.1) is 0 Å². The first-order valence-electron chi connectivity index (χ1n) is 4.60. The fourth-order valence-electron chi connectivity index (χ4n) is 1.12. The average molecular weight is 228 g/mol. The normalized spacial score (nSPS) is 17.8. The molecular weight excluding hydrogens is 209 g/mol. The Balaban J connectivity index is 0.000000310. The van der Waals surface area contributed by atoms with Crippen LogP contribution in [-0.2, 0) is 0 Å². The van der Waals surface area contributed by atoms with Crippen molar-refractivity contribution in [1.29, 1.82) is 0 Å². The molecule has 0 unspecified atom stereocenters. The Bertz CT molecular complexity index is 92.6. The summed E-state index contributed by atoms with van der Waals surface area (Å²) in [6.07, 6.45) is 0. The van der Waals surface area contributed by atoms with Gasteiger partial charge in [-0.15, -0.1) is 23.2 Å². The molecule has 1 fully saturated rings. The number of alkyl halides is 2. The Morgan fingerprint density at radius 1 is 1.15 bits per heavy atom. The van der Waals surface area contributed by atoms with Crippen LogP contribution >= 0.6 is 23.2 Å². The molecule has 0 bridgehead atoms. The molecule has 3 nitrogen and oxygen atoms in total. The van der Waals surface area contributed by atoms with Crippen LogP contribution in [0.4, 0.5) is 0 Å². The van der Waals surface area contributed by atoms with Crippen molar-refractivity contribution < 1.29 is 0 Å². The summed E-state index contributed by atoms with van der Waals surface area (Å²) in [4.78, 5) is 2.39. The lowest BCUT2D eigenvalue weighted by Gasteiger charge is -2.26. The number of hydrogen-bond donors (Lipinski definition) is 2. The van der Waals surface area contributed by atoms with Crippen LogP contribution in [0.2, 0.25) is 0 Å². The van der Waals surface area contributed by atoms with Crippen LogP contribution in [0.1, 0.15) is 0 Å². The van der Waals surface area contributed by atoms with Crippen molar-refractivity contribution in [1.82, 2.24) is 10.2 Å². The van der Waals surface area contributed by atoms with Crippen molar-refractivity contribution in [3.8, 4) is 0 Å². The zero-order valence-electron chi connectivity index (χ0n) is 7.94. The highest BCUT2D eigenvalue weighted by atomic mass is 35.5. The summed E-state index contributed by atoms with van der Waals surface area (Å²) in [7, 11) is 0. The van der Waals surface area contributed by atoms with Gasteiger partial charge in [0, 0.05) is 51.0 Å². The van der Waals surface area contributed by atoms with E-state index in [0.29, 0.717) is 11.8 Å². The molecule has 1 aliphatic rings. The van der Waals surface area contributed by atoms with Crippen LogP contribution in [0.3, 0.4) is 0 Å². The van der Waals surface area contributed by atoms with Crippen molar-refractivity contribution in [2.24, 2.45) is 5.73 Å². The summed E-state index contributed by atoms with van der Waals surface area (Å²) < 4.78 is 0. The number of nitrogens with one attached hydrogen (secondary N) is 1. The molecule has 1 rings (SSSR count). The molecule has 0 aromatic carbocycles. The highest BCUT2D eigenvalue weighted by molar-refractivity contribution is 6.25. The third kappa shape index (κ3) is 8.78. The lowest BCUT2D eigenvalue weighted by Crippen LogP contribution is -2.45. The number of hydrogen-bond acceptors (Lipinski definition) is 3. The van der Waals surface area contributed by atoms with Crippen molar-refractivity contribution in [2.75, 3.05) is 51.0 Å². The summed E-state index contributed by atoms with van der Waals surface area (Å²) in [6, 6.07) is 0. The van der Waals surface area contributed by atoms with Gasteiger partial charge in [0.2, 0.25) is 0 Å². The van der Waals surface area contributed by atoms with E-state index in [1.165, 1.54) is 0 Å². The Morgan fingerprint density at radius 2 is 1.69 bits per heavy atom. The molecule has 13 heavy (non-hydrogen) atoms. The molecule has 1 heterocycles. The first kappa shape index (κ1) is 13.5. The first-order chi connectivity index (χ1) is 6.35. The Labute approximate surface area is 90.5 Å². The SMILES string of the molecule is ClCCCl.NCCN1CCNCC1. The smallest absolute Gasteiger partial charge is 0.0359 e. The Hall–Kier alpha value is 0.460. The molecule has 3 N–H and O–H groups in total. The van der Waals surface area contributed by atoms with Crippen molar-refractivity contribution in [2.45, 2.75) is 0 Å². The summed E-state index contributed by atoms with van der Waals surface area (Å²) >= 11 is 10.1. The highest BCUT2D eigenvalue weighted by Crippen LogP contribution is 1.88.